The molecule has 24 heavy (non-hydrogen) atoms. The summed E-state index contributed by atoms with van der Waals surface area (Å²) in [6.07, 6.45) is 2.72. The van der Waals surface area contributed by atoms with Crippen LogP contribution in [0.1, 0.15) is 36.1 Å². The fraction of sp³-hybridized carbons (Fsp3) is 0.412. The van der Waals surface area contributed by atoms with Gasteiger partial charge in [0.25, 0.3) is 0 Å². The fourth-order valence-corrected chi connectivity index (χ4v) is 2.91. The molecule has 0 unspecified atom stereocenters. The lowest BCUT2D eigenvalue weighted by Crippen LogP contribution is -2.19. The van der Waals surface area contributed by atoms with Crippen LogP contribution < -0.4 is 5.32 Å². The van der Waals surface area contributed by atoms with Crippen LogP contribution in [-0.2, 0) is 30.4 Å². The van der Waals surface area contributed by atoms with E-state index in [0.29, 0.717) is 0 Å². The largest absolute Gasteiger partial charge is 0.416 e. The van der Waals surface area contributed by atoms with Crippen LogP contribution in [-0.4, -0.2) is 15.7 Å². The quantitative estimate of drug-likeness (QED) is 0.866. The molecular weight excluding hydrogens is 319 g/mol. The van der Waals surface area contributed by atoms with Gasteiger partial charge in [0.05, 0.1) is 11.3 Å². The number of aromatic nitrogens is 2. The fourth-order valence-electron chi connectivity index (χ4n) is 2.91. The van der Waals surface area contributed by atoms with Crippen molar-refractivity contribution in [1.82, 2.24) is 9.78 Å². The van der Waals surface area contributed by atoms with Gasteiger partial charge in [-0.3, -0.25) is 9.48 Å². The Morgan fingerprint density at radius 1 is 1.21 bits per heavy atom. The minimum atomic E-state index is -4.43. The van der Waals surface area contributed by atoms with E-state index in [4.69, 9.17) is 0 Å². The number of carbonyl (C=O) groups is 1. The van der Waals surface area contributed by atoms with Crippen LogP contribution in [0.25, 0.3) is 0 Å². The van der Waals surface area contributed by atoms with Gasteiger partial charge in [0.15, 0.2) is 0 Å². The predicted octanol–water partition coefficient (Wildman–Crippen LogP) is 3.81. The standard InChI is InChI=1S/C17H18F3N3O/c18-17(19,20)13-6-4-7-14(9-13)21-16(24)11-23-10-12-5-2-1-3-8-15(12)22-23/h4,6-7,9-10H,1-3,5,8,11H2,(H,21,24). The Labute approximate surface area is 137 Å². The zero-order valence-electron chi connectivity index (χ0n) is 13.1. The molecule has 0 spiro atoms. The minimum absolute atomic E-state index is 0.0107. The number of hydrogen-bond donors (Lipinski definition) is 1. The summed E-state index contributed by atoms with van der Waals surface area (Å²) in [4.78, 5) is 12.1. The van der Waals surface area contributed by atoms with Gasteiger partial charge in [0.1, 0.15) is 6.54 Å². The Balaban J connectivity index is 1.66. The molecule has 1 heterocycles. The molecule has 1 N–H and O–H groups in total. The van der Waals surface area contributed by atoms with Crippen molar-refractivity contribution in [3.05, 3.63) is 47.3 Å². The number of amides is 1. The van der Waals surface area contributed by atoms with Gasteiger partial charge in [-0.05, 0) is 49.4 Å². The van der Waals surface area contributed by atoms with Gasteiger partial charge in [-0.1, -0.05) is 12.5 Å². The molecule has 4 nitrogen and oxygen atoms in total. The highest BCUT2D eigenvalue weighted by Crippen LogP contribution is 2.30. The molecule has 0 saturated heterocycles. The molecule has 1 aliphatic rings. The summed E-state index contributed by atoms with van der Waals surface area (Å²) < 4.78 is 39.6. The van der Waals surface area contributed by atoms with Gasteiger partial charge < -0.3 is 5.32 Å². The third-order valence-corrected chi connectivity index (χ3v) is 4.06. The molecule has 3 rings (SSSR count). The van der Waals surface area contributed by atoms with Gasteiger partial charge in [0.2, 0.25) is 5.91 Å². The van der Waals surface area contributed by atoms with E-state index in [1.807, 2.05) is 6.20 Å². The second-order valence-corrected chi connectivity index (χ2v) is 5.99. The molecule has 0 aliphatic heterocycles. The Bertz CT molecular complexity index is 713. The van der Waals surface area contributed by atoms with Gasteiger partial charge in [-0.25, -0.2) is 0 Å². The molecular formula is C17H18F3N3O. The smallest absolute Gasteiger partial charge is 0.324 e. The number of halogens is 3. The lowest BCUT2D eigenvalue weighted by molar-refractivity contribution is -0.137. The highest BCUT2D eigenvalue weighted by atomic mass is 19.4. The van der Waals surface area contributed by atoms with Gasteiger partial charge in [-0.2, -0.15) is 18.3 Å². The van der Waals surface area contributed by atoms with E-state index < -0.39 is 17.6 Å². The number of nitrogens with zero attached hydrogens (tertiary/aromatic N) is 2. The number of anilines is 1. The summed E-state index contributed by atoms with van der Waals surface area (Å²) in [6, 6.07) is 4.61. The number of benzene rings is 1. The van der Waals surface area contributed by atoms with Crippen LogP contribution in [0.2, 0.25) is 0 Å². The predicted molar refractivity (Wildman–Crippen MR) is 83.6 cm³/mol. The Kier molecular flexibility index (Phi) is 4.59. The van der Waals surface area contributed by atoms with E-state index in [2.05, 4.69) is 10.4 Å². The topological polar surface area (TPSA) is 46.9 Å². The van der Waals surface area contributed by atoms with E-state index in [-0.39, 0.29) is 12.2 Å². The van der Waals surface area contributed by atoms with Crippen molar-refractivity contribution >= 4 is 11.6 Å². The van der Waals surface area contributed by atoms with Gasteiger partial charge >= 0.3 is 6.18 Å². The number of fused-ring (bicyclic) bond motifs is 1. The molecule has 0 saturated carbocycles. The molecule has 0 radical (unpaired) electrons. The Morgan fingerprint density at radius 2 is 2.00 bits per heavy atom. The highest BCUT2D eigenvalue weighted by Gasteiger charge is 2.30. The lowest BCUT2D eigenvalue weighted by atomic mass is 10.1. The van der Waals surface area contributed by atoms with Crippen molar-refractivity contribution in [2.45, 2.75) is 44.8 Å². The number of hydrogen-bond acceptors (Lipinski definition) is 2. The van der Waals surface area contributed by atoms with Crippen LogP contribution in [0.4, 0.5) is 18.9 Å². The SMILES string of the molecule is O=C(Cn1cc2c(n1)CCCCC2)Nc1cccc(C(F)(F)F)c1. The maximum absolute atomic E-state index is 12.7. The summed E-state index contributed by atoms with van der Waals surface area (Å²) in [5.41, 5.74) is 1.54. The average Bonchev–Trinajstić information content (AvgIpc) is 2.75. The first-order valence-corrected chi connectivity index (χ1v) is 7.94. The molecule has 7 heteroatoms. The monoisotopic (exact) mass is 337 g/mol. The van der Waals surface area contributed by atoms with E-state index in [1.54, 1.807) is 4.68 Å². The number of nitrogens with one attached hydrogen (secondary N) is 1. The number of alkyl halides is 3. The zero-order valence-corrected chi connectivity index (χ0v) is 13.1. The first-order chi connectivity index (χ1) is 11.4. The second kappa shape index (κ2) is 6.67. The van der Waals surface area contributed by atoms with E-state index in [9.17, 15) is 18.0 Å². The van der Waals surface area contributed by atoms with Crippen molar-refractivity contribution in [2.75, 3.05) is 5.32 Å². The third-order valence-electron chi connectivity index (χ3n) is 4.06. The number of rotatable bonds is 3. The summed E-state index contributed by atoms with van der Waals surface area (Å²) >= 11 is 0. The number of aryl methyl sites for hydroxylation is 2. The van der Waals surface area contributed by atoms with Crippen LogP contribution in [0.15, 0.2) is 30.5 Å². The van der Waals surface area contributed by atoms with Crippen LogP contribution in [0.3, 0.4) is 0 Å². The van der Waals surface area contributed by atoms with Crippen LogP contribution in [0, 0.1) is 0 Å². The molecule has 0 atom stereocenters. The molecule has 1 aromatic carbocycles. The van der Waals surface area contributed by atoms with E-state index in [1.165, 1.54) is 24.1 Å². The summed E-state index contributed by atoms with van der Waals surface area (Å²) in [7, 11) is 0. The van der Waals surface area contributed by atoms with Crippen LogP contribution >= 0.6 is 0 Å². The molecule has 0 bridgehead atoms. The molecule has 0 fully saturated rings. The minimum Gasteiger partial charge on any atom is -0.324 e. The van der Waals surface area contributed by atoms with E-state index >= 15 is 0 Å². The van der Waals surface area contributed by atoms with Crippen molar-refractivity contribution in [1.29, 1.82) is 0 Å². The molecule has 1 aromatic heterocycles. The van der Waals surface area contributed by atoms with Crippen LogP contribution in [0.5, 0.6) is 0 Å². The number of carbonyl (C=O) groups excluding carboxylic acids is 1. The highest BCUT2D eigenvalue weighted by molar-refractivity contribution is 5.90. The molecule has 1 amide bonds. The zero-order chi connectivity index (χ0) is 17.2. The normalized spacial score (nSPS) is 14.8. The van der Waals surface area contributed by atoms with Crippen molar-refractivity contribution in [2.24, 2.45) is 0 Å². The average molecular weight is 337 g/mol. The first kappa shape index (κ1) is 16.5. The maximum atomic E-state index is 12.7. The summed E-state index contributed by atoms with van der Waals surface area (Å²) in [5.74, 6) is -0.396. The summed E-state index contributed by atoms with van der Waals surface area (Å²) in [6.45, 7) is -0.0107. The van der Waals surface area contributed by atoms with E-state index in [0.717, 1.165) is 43.5 Å². The van der Waals surface area contributed by atoms with Gasteiger partial charge in [0, 0.05) is 11.9 Å². The molecule has 2 aromatic rings. The van der Waals surface area contributed by atoms with Gasteiger partial charge in [-0.15, -0.1) is 0 Å². The molecule has 128 valence electrons. The van der Waals surface area contributed by atoms with Crippen molar-refractivity contribution < 1.29 is 18.0 Å². The lowest BCUT2D eigenvalue weighted by Gasteiger charge is -2.10. The molecule has 1 aliphatic carbocycles. The third kappa shape index (κ3) is 3.96. The second-order valence-electron chi connectivity index (χ2n) is 5.99. The van der Waals surface area contributed by atoms with Crippen molar-refractivity contribution in [3.63, 3.8) is 0 Å². The Morgan fingerprint density at radius 3 is 2.79 bits per heavy atom. The van der Waals surface area contributed by atoms with Crippen molar-refractivity contribution in [3.8, 4) is 0 Å². The summed E-state index contributed by atoms with van der Waals surface area (Å²) in [5, 5.41) is 6.92. The Hall–Kier alpha value is -2.31. The maximum Gasteiger partial charge on any atom is 0.416 e. The first-order valence-electron chi connectivity index (χ1n) is 7.94.